The third kappa shape index (κ3) is 5.34. The quantitative estimate of drug-likeness (QED) is 0.297. The number of carbonyl (C=O) groups excluding carboxylic acids is 2. The largest absolute Gasteiger partial charge is 0.466 e. The van der Waals surface area contributed by atoms with Gasteiger partial charge in [0.05, 0.1) is 17.4 Å². The number of piperidine rings is 1. The molecule has 3 aliphatic rings. The summed E-state index contributed by atoms with van der Waals surface area (Å²) in [5.41, 5.74) is 0.904. The number of nitrogens with zero attached hydrogens (tertiary/aromatic N) is 4. The average molecular weight is 543 g/mol. The fraction of sp³-hybridized carbons (Fsp3) is 0.593. The number of thiocarbonyl (C=S) groups is 1. The van der Waals surface area contributed by atoms with Crippen LogP contribution in [0, 0.1) is 24.2 Å². The Kier molecular flexibility index (Phi) is 8.75. The van der Waals surface area contributed by atoms with Crippen molar-refractivity contribution in [1.29, 1.82) is 5.26 Å². The van der Waals surface area contributed by atoms with Crippen LogP contribution in [-0.4, -0.2) is 51.4 Å². The Hall–Kier alpha value is -2.64. The van der Waals surface area contributed by atoms with Gasteiger partial charge >= 0.3 is 5.97 Å². The monoisotopic (exact) mass is 542 g/mol. The standard InChI is InChI=1S/C27H34N4O4S2/c1-4-30-23(29-13-9-10-18(16-29)26(34)35-5-2)20(17(3)21(15-28)24(30)32)14-22-25(33)31(27(36)37-22)19-11-7-6-8-12-19/h14,18-19H,4-13,16H2,1-3H3/b22-14-. The smallest absolute Gasteiger partial charge is 0.310 e. The summed E-state index contributed by atoms with van der Waals surface area (Å²) in [6.45, 7) is 7.15. The molecule has 37 heavy (non-hydrogen) atoms. The molecule has 3 heterocycles. The number of hydrogen-bond acceptors (Lipinski definition) is 8. The molecule has 0 radical (unpaired) electrons. The molecule has 0 N–H and O–H groups in total. The van der Waals surface area contributed by atoms with Crippen LogP contribution >= 0.6 is 24.0 Å². The summed E-state index contributed by atoms with van der Waals surface area (Å²) in [6, 6.07) is 2.20. The van der Waals surface area contributed by atoms with Gasteiger partial charge in [0.25, 0.3) is 11.5 Å². The van der Waals surface area contributed by atoms with Crippen molar-refractivity contribution in [2.75, 3.05) is 24.6 Å². The number of anilines is 1. The fourth-order valence-corrected chi connectivity index (χ4v) is 7.05. The number of nitriles is 1. The molecule has 1 aromatic rings. The number of thioether (sulfide) groups is 1. The van der Waals surface area contributed by atoms with Crippen molar-refractivity contribution in [3.05, 3.63) is 31.9 Å². The first kappa shape index (κ1) is 27.4. The summed E-state index contributed by atoms with van der Waals surface area (Å²) in [5.74, 6) is -0.00994. The molecule has 0 spiro atoms. The van der Waals surface area contributed by atoms with Crippen molar-refractivity contribution in [3.8, 4) is 6.07 Å². The van der Waals surface area contributed by atoms with Crippen molar-refractivity contribution in [3.63, 3.8) is 0 Å². The lowest BCUT2D eigenvalue weighted by atomic mass is 9.94. The molecule has 2 aliphatic heterocycles. The zero-order valence-corrected chi connectivity index (χ0v) is 23.4. The summed E-state index contributed by atoms with van der Waals surface area (Å²) in [4.78, 5) is 43.7. The van der Waals surface area contributed by atoms with Gasteiger partial charge in [-0.2, -0.15) is 5.26 Å². The molecule has 198 valence electrons. The summed E-state index contributed by atoms with van der Waals surface area (Å²) in [6.07, 6.45) is 8.55. The van der Waals surface area contributed by atoms with E-state index in [4.69, 9.17) is 17.0 Å². The molecule has 0 bridgehead atoms. The number of carbonyl (C=O) groups is 2. The Morgan fingerprint density at radius 3 is 2.57 bits per heavy atom. The third-order valence-corrected chi connectivity index (χ3v) is 8.87. The molecular formula is C27H34N4O4S2. The van der Waals surface area contributed by atoms with Gasteiger partial charge in [-0.05, 0) is 58.1 Å². The minimum absolute atomic E-state index is 0.0681. The van der Waals surface area contributed by atoms with Crippen LogP contribution in [0.5, 0.6) is 0 Å². The first-order valence-electron chi connectivity index (χ1n) is 13.2. The predicted octanol–water partition coefficient (Wildman–Crippen LogP) is 4.36. The molecule has 10 heteroatoms. The SMILES string of the molecule is CCOC(=O)C1CCCN(c2c(/C=C3\SC(=S)N(C4CCCCC4)C3=O)c(C)c(C#N)c(=O)n2CC)C1. The number of ether oxygens (including phenoxy) is 1. The summed E-state index contributed by atoms with van der Waals surface area (Å²) in [5, 5.41) is 9.83. The molecule has 0 aromatic carbocycles. The van der Waals surface area contributed by atoms with E-state index in [1.54, 1.807) is 29.4 Å². The van der Waals surface area contributed by atoms with E-state index in [9.17, 15) is 19.6 Å². The summed E-state index contributed by atoms with van der Waals surface area (Å²) >= 11 is 6.91. The Bertz CT molecular complexity index is 1230. The first-order chi connectivity index (χ1) is 17.8. The lowest BCUT2D eigenvalue weighted by Crippen LogP contribution is -2.43. The van der Waals surface area contributed by atoms with E-state index in [1.807, 2.05) is 11.8 Å². The van der Waals surface area contributed by atoms with Crippen LogP contribution in [0.2, 0.25) is 0 Å². The molecule has 3 fully saturated rings. The molecule has 1 atom stereocenters. The predicted molar refractivity (Wildman–Crippen MR) is 149 cm³/mol. The second-order valence-electron chi connectivity index (χ2n) is 9.78. The van der Waals surface area contributed by atoms with Gasteiger partial charge in [-0.25, -0.2) is 0 Å². The van der Waals surface area contributed by atoms with Gasteiger partial charge in [-0.15, -0.1) is 0 Å². The van der Waals surface area contributed by atoms with Crippen molar-refractivity contribution in [2.24, 2.45) is 5.92 Å². The molecule has 1 aliphatic carbocycles. The molecule has 4 rings (SSSR count). The maximum Gasteiger partial charge on any atom is 0.310 e. The number of hydrogen-bond donors (Lipinski definition) is 0. The molecule has 1 amide bonds. The van der Waals surface area contributed by atoms with Crippen LogP contribution in [-0.2, 0) is 20.9 Å². The van der Waals surface area contributed by atoms with Crippen LogP contribution in [0.1, 0.15) is 75.5 Å². The average Bonchev–Trinajstić information content (AvgIpc) is 3.18. The van der Waals surface area contributed by atoms with Crippen LogP contribution < -0.4 is 10.5 Å². The van der Waals surface area contributed by atoms with Gasteiger partial charge in [0.1, 0.15) is 21.8 Å². The first-order valence-corrected chi connectivity index (χ1v) is 14.4. The van der Waals surface area contributed by atoms with Crippen molar-refractivity contribution in [1.82, 2.24) is 9.47 Å². The van der Waals surface area contributed by atoms with Crippen LogP contribution in [0.3, 0.4) is 0 Å². The van der Waals surface area contributed by atoms with E-state index in [1.165, 1.54) is 18.2 Å². The molecule has 1 aromatic heterocycles. The van der Waals surface area contributed by atoms with E-state index in [0.29, 0.717) is 52.4 Å². The number of amides is 1. The van der Waals surface area contributed by atoms with Crippen molar-refractivity contribution in [2.45, 2.75) is 78.3 Å². The Morgan fingerprint density at radius 1 is 1.19 bits per heavy atom. The van der Waals surface area contributed by atoms with E-state index in [2.05, 4.69) is 6.07 Å². The molecular weight excluding hydrogens is 508 g/mol. The van der Waals surface area contributed by atoms with Crippen LogP contribution in [0.25, 0.3) is 6.08 Å². The third-order valence-electron chi connectivity index (χ3n) is 7.54. The van der Waals surface area contributed by atoms with E-state index in [0.717, 1.165) is 38.5 Å². The molecule has 1 unspecified atom stereocenters. The highest BCUT2D eigenvalue weighted by Crippen LogP contribution is 2.39. The van der Waals surface area contributed by atoms with Crippen molar-refractivity contribution < 1.29 is 14.3 Å². The minimum Gasteiger partial charge on any atom is -0.466 e. The normalized spacial score (nSPS) is 22.0. The molecule has 2 saturated heterocycles. The maximum absolute atomic E-state index is 13.5. The Labute approximate surface area is 227 Å². The Balaban J connectivity index is 1.80. The number of esters is 1. The van der Waals surface area contributed by atoms with E-state index >= 15 is 0 Å². The molecule has 1 saturated carbocycles. The van der Waals surface area contributed by atoms with Crippen molar-refractivity contribution >= 4 is 52.1 Å². The van der Waals surface area contributed by atoms with Gasteiger partial charge in [-0.3, -0.25) is 23.9 Å². The van der Waals surface area contributed by atoms with E-state index < -0.39 is 0 Å². The second-order valence-corrected chi connectivity index (χ2v) is 11.5. The van der Waals surface area contributed by atoms with Gasteiger partial charge in [0, 0.05) is 31.2 Å². The zero-order chi connectivity index (χ0) is 26.7. The highest BCUT2D eigenvalue weighted by Gasteiger charge is 2.38. The highest BCUT2D eigenvalue weighted by molar-refractivity contribution is 8.26. The maximum atomic E-state index is 13.5. The van der Waals surface area contributed by atoms with Crippen LogP contribution in [0.15, 0.2) is 9.70 Å². The second kappa shape index (κ2) is 11.8. The Morgan fingerprint density at radius 2 is 1.92 bits per heavy atom. The van der Waals surface area contributed by atoms with Crippen LogP contribution in [0.4, 0.5) is 5.82 Å². The zero-order valence-electron chi connectivity index (χ0n) is 21.7. The van der Waals surface area contributed by atoms with Gasteiger partial charge in [0.2, 0.25) is 0 Å². The summed E-state index contributed by atoms with van der Waals surface area (Å²) in [7, 11) is 0. The summed E-state index contributed by atoms with van der Waals surface area (Å²) < 4.78 is 7.43. The van der Waals surface area contributed by atoms with Gasteiger partial charge < -0.3 is 9.64 Å². The molecule has 8 nitrogen and oxygen atoms in total. The van der Waals surface area contributed by atoms with Gasteiger partial charge in [-0.1, -0.05) is 43.2 Å². The lowest BCUT2D eigenvalue weighted by molar-refractivity contribution is -0.148. The number of pyridine rings is 1. The fourth-order valence-electron chi connectivity index (χ4n) is 5.67. The van der Waals surface area contributed by atoms with E-state index in [-0.39, 0.29) is 35.0 Å². The lowest BCUT2D eigenvalue weighted by Gasteiger charge is -2.36. The number of aromatic nitrogens is 1. The topological polar surface area (TPSA) is 95.6 Å². The minimum atomic E-state index is -0.359. The van der Waals surface area contributed by atoms with Gasteiger partial charge in [0.15, 0.2) is 0 Å². The highest BCUT2D eigenvalue weighted by atomic mass is 32.2. The number of rotatable bonds is 6.